The van der Waals surface area contributed by atoms with Crippen LogP contribution in [0, 0.1) is 0 Å². The minimum atomic E-state index is -0.451. The molecule has 2 aromatic heterocycles. The SMILES string of the molecule is COc1ccc2c(Cl)c3ccc(=O)oc3nc2c1. The number of ether oxygens (including phenoxy) is 1. The molecule has 0 aliphatic rings. The number of methoxy groups -OCH3 is 1. The predicted molar refractivity (Wildman–Crippen MR) is 69.3 cm³/mol. The van der Waals surface area contributed by atoms with Crippen molar-refractivity contribution in [2.75, 3.05) is 7.11 Å². The number of rotatable bonds is 1. The van der Waals surface area contributed by atoms with Gasteiger partial charge in [0.1, 0.15) is 5.75 Å². The molecule has 2 heterocycles. The van der Waals surface area contributed by atoms with Crippen molar-refractivity contribution >= 4 is 33.6 Å². The first kappa shape index (κ1) is 11.0. The summed E-state index contributed by atoms with van der Waals surface area (Å²) < 4.78 is 10.2. The van der Waals surface area contributed by atoms with Crippen LogP contribution in [0.4, 0.5) is 0 Å². The van der Waals surface area contributed by atoms with Crippen LogP contribution in [0.1, 0.15) is 0 Å². The maximum absolute atomic E-state index is 11.2. The summed E-state index contributed by atoms with van der Waals surface area (Å²) in [6, 6.07) is 8.31. The van der Waals surface area contributed by atoms with Gasteiger partial charge in [0.05, 0.1) is 23.0 Å². The maximum Gasteiger partial charge on any atom is 0.337 e. The summed E-state index contributed by atoms with van der Waals surface area (Å²) in [7, 11) is 1.57. The Morgan fingerprint density at radius 2 is 2.00 bits per heavy atom. The minimum Gasteiger partial charge on any atom is -0.497 e. The van der Waals surface area contributed by atoms with Crippen molar-refractivity contribution in [3.63, 3.8) is 0 Å². The molecule has 18 heavy (non-hydrogen) atoms. The molecule has 4 nitrogen and oxygen atoms in total. The Morgan fingerprint density at radius 3 is 2.78 bits per heavy atom. The van der Waals surface area contributed by atoms with Gasteiger partial charge in [-0.15, -0.1) is 0 Å². The highest BCUT2D eigenvalue weighted by molar-refractivity contribution is 6.40. The normalized spacial score (nSPS) is 11.0. The van der Waals surface area contributed by atoms with Gasteiger partial charge in [0.15, 0.2) is 0 Å². The number of nitrogens with zero attached hydrogens (tertiary/aromatic N) is 1. The highest BCUT2D eigenvalue weighted by atomic mass is 35.5. The molecule has 90 valence electrons. The predicted octanol–water partition coefficient (Wildman–Crippen LogP) is 3.00. The van der Waals surface area contributed by atoms with Crippen LogP contribution in [0.2, 0.25) is 5.02 Å². The number of halogens is 1. The molecule has 0 aliphatic carbocycles. The van der Waals surface area contributed by atoms with Crippen LogP contribution in [0.5, 0.6) is 5.75 Å². The molecule has 0 unspecified atom stereocenters. The lowest BCUT2D eigenvalue weighted by atomic mass is 10.1. The molecule has 0 fully saturated rings. The van der Waals surface area contributed by atoms with Gasteiger partial charge in [-0.2, -0.15) is 0 Å². The molecule has 5 heteroatoms. The first-order valence-electron chi connectivity index (χ1n) is 5.26. The van der Waals surface area contributed by atoms with E-state index in [1.165, 1.54) is 6.07 Å². The van der Waals surface area contributed by atoms with Crippen molar-refractivity contribution in [3.05, 3.63) is 45.8 Å². The van der Waals surface area contributed by atoms with Crippen molar-refractivity contribution in [2.45, 2.75) is 0 Å². The second-order valence-electron chi connectivity index (χ2n) is 3.78. The second kappa shape index (κ2) is 3.99. The third-order valence-electron chi connectivity index (χ3n) is 2.71. The molecule has 0 saturated heterocycles. The van der Waals surface area contributed by atoms with E-state index in [1.807, 2.05) is 6.07 Å². The molecular weight excluding hydrogens is 254 g/mol. The summed E-state index contributed by atoms with van der Waals surface area (Å²) in [5.41, 5.74) is 0.405. The Kier molecular flexibility index (Phi) is 2.45. The first-order valence-corrected chi connectivity index (χ1v) is 5.64. The van der Waals surface area contributed by atoms with Crippen molar-refractivity contribution < 1.29 is 9.15 Å². The van der Waals surface area contributed by atoms with E-state index >= 15 is 0 Å². The van der Waals surface area contributed by atoms with E-state index in [-0.39, 0.29) is 5.71 Å². The zero-order valence-corrected chi connectivity index (χ0v) is 10.2. The molecule has 1 aromatic carbocycles. The Hall–Kier alpha value is -2.07. The van der Waals surface area contributed by atoms with Gasteiger partial charge in [-0.25, -0.2) is 9.78 Å². The number of benzene rings is 1. The van der Waals surface area contributed by atoms with Gasteiger partial charge < -0.3 is 9.15 Å². The topological polar surface area (TPSA) is 52.3 Å². The molecule has 3 rings (SSSR count). The van der Waals surface area contributed by atoms with E-state index in [0.717, 1.165) is 5.39 Å². The fraction of sp³-hybridized carbons (Fsp3) is 0.0769. The third-order valence-corrected chi connectivity index (χ3v) is 3.12. The van der Waals surface area contributed by atoms with E-state index in [9.17, 15) is 4.79 Å². The molecule has 0 saturated carbocycles. The molecule has 0 N–H and O–H groups in total. The van der Waals surface area contributed by atoms with Crippen LogP contribution in [0.25, 0.3) is 22.0 Å². The largest absolute Gasteiger partial charge is 0.497 e. The Labute approximate surface area is 107 Å². The van der Waals surface area contributed by atoms with Crippen molar-refractivity contribution in [1.29, 1.82) is 0 Å². The summed E-state index contributed by atoms with van der Waals surface area (Å²) in [6.07, 6.45) is 0. The lowest BCUT2D eigenvalue weighted by molar-refractivity contribution is 0.415. The van der Waals surface area contributed by atoms with Gasteiger partial charge >= 0.3 is 5.63 Å². The Balaban J connectivity index is 2.47. The highest BCUT2D eigenvalue weighted by Crippen LogP contribution is 2.31. The van der Waals surface area contributed by atoms with E-state index in [2.05, 4.69) is 4.98 Å². The van der Waals surface area contributed by atoms with Crippen LogP contribution in [0.15, 0.2) is 39.5 Å². The van der Waals surface area contributed by atoms with Crippen LogP contribution in [-0.4, -0.2) is 12.1 Å². The average molecular weight is 262 g/mol. The maximum atomic E-state index is 11.2. The Morgan fingerprint density at radius 1 is 1.22 bits per heavy atom. The van der Waals surface area contributed by atoms with Gasteiger partial charge in [0.25, 0.3) is 0 Å². The average Bonchev–Trinajstić information content (AvgIpc) is 2.38. The van der Waals surface area contributed by atoms with Crippen molar-refractivity contribution in [3.8, 4) is 5.75 Å². The molecule has 0 aliphatic heterocycles. The molecule has 0 atom stereocenters. The lowest BCUT2D eigenvalue weighted by Crippen LogP contribution is -1.96. The quantitative estimate of drug-likeness (QED) is 0.632. The smallest absolute Gasteiger partial charge is 0.337 e. The van der Waals surface area contributed by atoms with Gasteiger partial charge in [0, 0.05) is 17.5 Å². The monoisotopic (exact) mass is 261 g/mol. The molecular formula is C13H8ClNO3. The highest BCUT2D eigenvalue weighted by Gasteiger charge is 2.09. The van der Waals surface area contributed by atoms with E-state index in [0.29, 0.717) is 21.7 Å². The summed E-state index contributed by atoms with van der Waals surface area (Å²) in [4.78, 5) is 15.5. The van der Waals surface area contributed by atoms with Crippen LogP contribution in [0.3, 0.4) is 0 Å². The van der Waals surface area contributed by atoms with Crippen molar-refractivity contribution in [2.24, 2.45) is 0 Å². The van der Waals surface area contributed by atoms with E-state index in [4.69, 9.17) is 20.8 Å². The zero-order chi connectivity index (χ0) is 12.7. The fourth-order valence-electron chi connectivity index (χ4n) is 1.83. The molecule has 0 spiro atoms. The number of fused-ring (bicyclic) bond motifs is 2. The lowest BCUT2D eigenvalue weighted by Gasteiger charge is -2.05. The van der Waals surface area contributed by atoms with Gasteiger partial charge in [-0.3, -0.25) is 0 Å². The number of pyridine rings is 1. The number of hydrogen-bond donors (Lipinski definition) is 0. The standard InChI is InChI=1S/C13H8ClNO3/c1-17-7-2-3-8-10(6-7)15-13-9(12(8)14)4-5-11(16)18-13/h2-6H,1H3. The van der Waals surface area contributed by atoms with Gasteiger partial charge in [-0.1, -0.05) is 11.6 Å². The van der Waals surface area contributed by atoms with Crippen LogP contribution in [-0.2, 0) is 0 Å². The molecule has 0 amide bonds. The number of hydrogen-bond acceptors (Lipinski definition) is 4. The minimum absolute atomic E-state index is 0.230. The van der Waals surface area contributed by atoms with Gasteiger partial charge in [-0.05, 0) is 18.2 Å². The van der Waals surface area contributed by atoms with Crippen LogP contribution >= 0.6 is 11.6 Å². The first-order chi connectivity index (χ1) is 8.69. The third kappa shape index (κ3) is 1.62. The zero-order valence-electron chi connectivity index (χ0n) is 9.44. The summed E-state index contributed by atoms with van der Waals surface area (Å²) in [6.45, 7) is 0. The molecule has 0 radical (unpaired) electrons. The molecule has 0 bridgehead atoms. The second-order valence-corrected chi connectivity index (χ2v) is 4.16. The summed E-state index contributed by atoms with van der Waals surface area (Å²) in [5, 5.41) is 1.93. The fourth-order valence-corrected chi connectivity index (χ4v) is 2.13. The number of aromatic nitrogens is 1. The summed E-state index contributed by atoms with van der Waals surface area (Å²) >= 11 is 6.28. The van der Waals surface area contributed by atoms with Crippen LogP contribution < -0.4 is 10.4 Å². The summed E-state index contributed by atoms with van der Waals surface area (Å²) in [5.74, 6) is 0.670. The Bertz CT molecular complexity index is 810. The van der Waals surface area contributed by atoms with Gasteiger partial charge in [0.2, 0.25) is 5.71 Å². The van der Waals surface area contributed by atoms with E-state index < -0.39 is 5.63 Å². The van der Waals surface area contributed by atoms with E-state index in [1.54, 1.807) is 25.3 Å². The van der Waals surface area contributed by atoms with Crippen molar-refractivity contribution in [1.82, 2.24) is 4.98 Å². The molecule has 3 aromatic rings.